The van der Waals surface area contributed by atoms with Crippen LogP contribution in [0.3, 0.4) is 0 Å². The minimum Gasteiger partial charge on any atom is -0.378 e. The number of sulfonamides is 1. The Labute approximate surface area is 126 Å². The van der Waals surface area contributed by atoms with Gasteiger partial charge in [-0.1, -0.05) is 13.8 Å². The number of morpholine rings is 1. The van der Waals surface area contributed by atoms with Crippen molar-refractivity contribution in [1.29, 1.82) is 0 Å². The summed E-state index contributed by atoms with van der Waals surface area (Å²) in [6.07, 6.45) is 3.25. The molecule has 1 N–H and O–H groups in total. The molecular formula is C14H23N3O3S. The van der Waals surface area contributed by atoms with Crippen LogP contribution in [0.2, 0.25) is 0 Å². The molecule has 0 amide bonds. The molecule has 1 unspecified atom stereocenters. The van der Waals surface area contributed by atoms with Crippen molar-refractivity contribution in [3.63, 3.8) is 0 Å². The normalized spacial score (nSPS) is 20.4. The molecule has 1 aliphatic heterocycles. The van der Waals surface area contributed by atoms with Crippen LogP contribution >= 0.6 is 0 Å². The predicted molar refractivity (Wildman–Crippen MR) is 81.8 cm³/mol. The van der Waals surface area contributed by atoms with Gasteiger partial charge in [-0.3, -0.25) is 0 Å². The van der Waals surface area contributed by atoms with Crippen molar-refractivity contribution in [1.82, 2.24) is 9.29 Å². The van der Waals surface area contributed by atoms with Gasteiger partial charge in [0.05, 0.1) is 13.2 Å². The number of pyridine rings is 1. The summed E-state index contributed by atoms with van der Waals surface area (Å²) in [6, 6.07) is 3.16. The summed E-state index contributed by atoms with van der Waals surface area (Å²) < 4.78 is 32.8. The van der Waals surface area contributed by atoms with Gasteiger partial charge in [0, 0.05) is 25.3 Å². The smallest absolute Gasteiger partial charge is 0.247 e. The molecule has 6 nitrogen and oxygen atoms in total. The molecule has 0 saturated carbocycles. The van der Waals surface area contributed by atoms with Crippen molar-refractivity contribution >= 4 is 15.8 Å². The third-order valence-electron chi connectivity index (χ3n) is 3.54. The number of rotatable bonds is 6. The lowest BCUT2D eigenvalue weighted by Gasteiger charge is -2.34. The molecule has 0 aromatic carbocycles. The van der Waals surface area contributed by atoms with Crippen molar-refractivity contribution in [3.8, 4) is 0 Å². The Morgan fingerprint density at radius 3 is 3.00 bits per heavy atom. The van der Waals surface area contributed by atoms with Crippen molar-refractivity contribution in [2.24, 2.45) is 0 Å². The van der Waals surface area contributed by atoms with Gasteiger partial charge in [0.15, 0.2) is 0 Å². The number of hydrogen-bond donors (Lipinski definition) is 1. The average molecular weight is 313 g/mol. The Morgan fingerprint density at radius 2 is 2.29 bits per heavy atom. The minimum absolute atomic E-state index is 0.108. The van der Waals surface area contributed by atoms with E-state index in [1.165, 1.54) is 0 Å². The highest BCUT2D eigenvalue weighted by Crippen LogP contribution is 2.26. The lowest BCUT2D eigenvalue weighted by atomic mass is 10.2. The zero-order valence-corrected chi connectivity index (χ0v) is 13.4. The number of nitrogens with zero attached hydrogens (tertiary/aromatic N) is 2. The van der Waals surface area contributed by atoms with E-state index in [1.807, 2.05) is 13.8 Å². The molecule has 1 atom stereocenters. The third kappa shape index (κ3) is 3.53. The molecule has 1 fully saturated rings. The van der Waals surface area contributed by atoms with Gasteiger partial charge in [-0.25, -0.2) is 13.4 Å². The molecule has 21 heavy (non-hydrogen) atoms. The van der Waals surface area contributed by atoms with Crippen molar-refractivity contribution < 1.29 is 13.2 Å². The lowest BCUT2D eigenvalue weighted by molar-refractivity contribution is 0.0314. The number of hydrogen-bond acceptors (Lipinski definition) is 5. The van der Waals surface area contributed by atoms with Gasteiger partial charge < -0.3 is 10.1 Å². The second kappa shape index (κ2) is 7.20. The molecule has 7 heteroatoms. The summed E-state index contributed by atoms with van der Waals surface area (Å²) in [6.45, 7) is 5.98. The van der Waals surface area contributed by atoms with Crippen LogP contribution in [0.5, 0.6) is 0 Å². The van der Waals surface area contributed by atoms with E-state index in [0.717, 1.165) is 12.8 Å². The topological polar surface area (TPSA) is 71.5 Å². The van der Waals surface area contributed by atoms with Crippen LogP contribution < -0.4 is 5.32 Å². The van der Waals surface area contributed by atoms with E-state index in [4.69, 9.17) is 4.74 Å². The molecule has 0 aliphatic carbocycles. The molecule has 0 radical (unpaired) electrons. The second-order valence-electron chi connectivity index (χ2n) is 5.03. The predicted octanol–water partition coefficient (Wildman–Crippen LogP) is 1.70. The largest absolute Gasteiger partial charge is 0.378 e. The summed E-state index contributed by atoms with van der Waals surface area (Å²) >= 11 is 0. The standard InChI is InChI=1S/C14H23N3O3S/c1-3-7-15-14-13(6-5-8-16-14)21(18,19)17-9-10-20-11-12(17)4-2/h5-6,8,12H,3-4,7,9-11H2,1-2H3,(H,15,16). The summed E-state index contributed by atoms with van der Waals surface area (Å²) in [7, 11) is -3.56. The van der Waals surface area contributed by atoms with Crippen LogP contribution in [0, 0.1) is 0 Å². The maximum atomic E-state index is 12.9. The first kappa shape index (κ1) is 16.2. The van der Waals surface area contributed by atoms with E-state index in [2.05, 4.69) is 10.3 Å². The molecule has 1 saturated heterocycles. The van der Waals surface area contributed by atoms with Crippen LogP contribution in [0.15, 0.2) is 23.2 Å². The zero-order chi connectivity index (χ0) is 15.3. The maximum Gasteiger partial charge on any atom is 0.247 e. The van der Waals surface area contributed by atoms with Gasteiger partial charge in [-0.15, -0.1) is 0 Å². The van der Waals surface area contributed by atoms with Crippen LogP contribution in [0.4, 0.5) is 5.82 Å². The summed E-state index contributed by atoms with van der Waals surface area (Å²) in [5, 5.41) is 3.09. The summed E-state index contributed by atoms with van der Waals surface area (Å²) in [4.78, 5) is 4.43. The third-order valence-corrected chi connectivity index (χ3v) is 5.53. The van der Waals surface area contributed by atoms with Gasteiger partial charge in [-0.05, 0) is 25.0 Å². The van der Waals surface area contributed by atoms with Gasteiger partial charge >= 0.3 is 0 Å². The van der Waals surface area contributed by atoms with E-state index in [1.54, 1.807) is 22.6 Å². The zero-order valence-electron chi connectivity index (χ0n) is 12.6. The van der Waals surface area contributed by atoms with E-state index in [-0.39, 0.29) is 10.9 Å². The summed E-state index contributed by atoms with van der Waals surface area (Å²) in [5.41, 5.74) is 0. The molecule has 2 rings (SSSR count). The average Bonchev–Trinajstić information content (AvgIpc) is 2.53. The molecule has 118 valence electrons. The fourth-order valence-electron chi connectivity index (χ4n) is 2.38. The van der Waals surface area contributed by atoms with E-state index >= 15 is 0 Å². The van der Waals surface area contributed by atoms with Crippen LogP contribution in [-0.4, -0.2) is 50.1 Å². The van der Waals surface area contributed by atoms with Crippen molar-refractivity contribution in [3.05, 3.63) is 18.3 Å². The van der Waals surface area contributed by atoms with Crippen molar-refractivity contribution in [2.75, 3.05) is 31.6 Å². The molecule has 2 heterocycles. The monoisotopic (exact) mass is 313 g/mol. The Balaban J connectivity index is 2.34. The number of aromatic nitrogens is 1. The molecule has 0 bridgehead atoms. The molecule has 1 aliphatic rings. The Bertz CT molecular complexity index is 562. The van der Waals surface area contributed by atoms with E-state index < -0.39 is 10.0 Å². The van der Waals surface area contributed by atoms with Gasteiger partial charge in [0.25, 0.3) is 0 Å². The summed E-state index contributed by atoms with van der Waals surface area (Å²) in [5.74, 6) is 0.431. The van der Waals surface area contributed by atoms with Gasteiger partial charge in [0.2, 0.25) is 10.0 Å². The SMILES string of the molecule is CCCNc1ncccc1S(=O)(=O)N1CCOCC1CC. The highest BCUT2D eigenvalue weighted by Gasteiger charge is 2.34. The first-order chi connectivity index (χ1) is 10.1. The van der Waals surface area contributed by atoms with Crippen LogP contribution in [0.25, 0.3) is 0 Å². The molecule has 0 spiro atoms. The number of nitrogens with one attached hydrogen (secondary N) is 1. The van der Waals surface area contributed by atoms with Crippen LogP contribution in [0.1, 0.15) is 26.7 Å². The first-order valence-electron chi connectivity index (χ1n) is 7.39. The molecule has 1 aromatic rings. The fraction of sp³-hybridized carbons (Fsp3) is 0.643. The Kier molecular flexibility index (Phi) is 5.55. The highest BCUT2D eigenvalue weighted by molar-refractivity contribution is 7.89. The van der Waals surface area contributed by atoms with Crippen molar-refractivity contribution in [2.45, 2.75) is 37.6 Å². The molecule has 1 aromatic heterocycles. The number of ether oxygens (including phenoxy) is 1. The quantitative estimate of drug-likeness (QED) is 0.865. The first-order valence-corrected chi connectivity index (χ1v) is 8.83. The number of anilines is 1. The maximum absolute atomic E-state index is 12.9. The highest BCUT2D eigenvalue weighted by atomic mass is 32.2. The minimum atomic E-state index is -3.56. The van der Waals surface area contributed by atoms with Crippen LogP contribution in [-0.2, 0) is 14.8 Å². The van der Waals surface area contributed by atoms with Gasteiger partial charge in [0.1, 0.15) is 10.7 Å². The van der Waals surface area contributed by atoms with Gasteiger partial charge in [-0.2, -0.15) is 4.31 Å². The van der Waals surface area contributed by atoms with E-state index in [9.17, 15) is 8.42 Å². The fourth-order valence-corrected chi connectivity index (χ4v) is 4.17. The Hall–Kier alpha value is -1.18. The van der Waals surface area contributed by atoms with E-state index in [0.29, 0.717) is 32.1 Å². The molecular weight excluding hydrogens is 290 g/mol. The second-order valence-corrected chi connectivity index (χ2v) is 6.89. The lowest BCUT2D eigenvalue weighted by Crippen LogP contribution is -2.48. The Morgan fingerprint density at radius 1 is 1.48 bits per heavy atom.